The van der Waals surface area contributed by atoms with E-state index < -0.39 is 0 Å². The lowest BCUT2D eigenvalue weighted by atomic mass is 10.1. The third kappa shape index (κ3) is 13.9. The Balaban J connectivity index is 3.28. The monoisotopic (exact) mass is 281 g/mol. The summed E-state index contributed by atoms with van der Waals surface area (Å²) in [6, 6.07) is 2.24. The Hall–Kier alpha value is -0.550. The molecule has 0 radical (unpaired) electrons. The molecule has 0 aliphatic rings. The average molecular weight is 282 g/mol. The molecule has 0 amide bonds. The fourth-order valence-corrected chi connectivity index (χ4v) is 2.73. The van der Waals surface area contributed by atoms with E-state index in [0.29, 0.717) is 6.42 Å². The largest absolute Gasteiger partial charge is 0.328 e. The van der Waals surface area contributed by atoms with Gasteiger partial charge < -0.3 is 4.48 Å². The number of rotatable bonds is 14. The average Bonchev–Trinajstić information content (AvgIpc) is 2.41. The van der Waals surface area contributed by atoms with Crippen LogP contribution in [0.4, 0.5) is 0 Å². The van der Waals surface area contributed by atoms with Crippen LogP contribution in [0, 0.1) is 11.3 Å². The van der Waals surface area contributed by atoms with Gasteiger partial charge in [0.25, 0.3) is 0 Å². The van der Waals surface area contributed by atoms with E-state index >= 15 is 0 Å². The van der Waals surface area contributed by atoms with Gasteiger partial charge in [-0.05, 0) is 12.8 Å². The summed E-state index contributed by atoms with van der Waals surface area (Å²) in [6.07, 6.45) is 15.8. The van der Waals surface area contributed by atoms with Crippen LogP contribution in [0.5, 0.6) is 0 Å². The second kappa shape index (κ2) is 13.4. The number of nitriles is 1. The Morgan fingerprint density at radius 1 is 0.700 bits per heavy atom. The molecule has 0 heterocycles. The van der Waals surface area contributed by atoms with Gasteiger partial charge in [0.15, 0.2) is 0 Å². The topological polar surface area (TPSA) is 23.8 Å². The molecule has 0 bridgehead atoms. The Morgan fingerprint density at radius 2 is 1.15 bits per heavy atom. The lowest BCUT2D eigenvalue weighted by Gasteiger charge is -2.29. The zero-order valence-electron chi connectivity index (χ0n) is 14.3. The first-order chi connectivity index (χ1) is 9.62. The molecule has 0 aromatic carbocycles. The number of hydrogen-bond acceptors (Lipinski definition) is 1. The molecular formula is C18H37N2+. The molecule has 0 N–H and O–H groups in total. The SMILES string of the molecule is CCCCCCCCCCCC[N+](C)(C)CCCC#N. The summed E-state index contributed by atoms with van der Waals surface area (Å²) >= 11 is 0. The van der Waals surface area contributed by atoms with Crippen LogP contribution in [0.1, 0.15) is 84.0 Å². The minimum atomic E-state index is 0.708. The second-order valence-electron chi connectivity index (χ2n) is 6.83. The molecule has 118 valence electrons. The van der Waals surface area contributed by atoms with Crippen molar-refractivity contribution < 1.29 is 4.48 Å². The van der Waals surface area contributed by atoms with Crippen molar-refractivity contribution in [3.63, 3.8) is 0 Å². The lowest BCUT2D eigenvalue weighted by molar-refractivity contribution is -0.890. The Bertz CT molecular complexity index is 240. The van der Waals surface area contributed by atoms with Gasteiger partial charge in [-0.2, -0.15) is 5.26 Å². The van der Waals surface area contributed by atoms with Gasteiger partial charge in [0.05, 0.1) is 33.3 Å². The van der Waals surface area contributed by atoms with Gasteiger partial charge in [-0.1, -0.05) is 58.3 Å². The fourth-order valence-electron chi connectivity index (χ4n) is 2.73. The number of hydrogen-bond donors (Lipinski definition) is 0. The number of nitrogens with zero attached hydrogens (tertiary/aromatic N) is 2. The number of unbranched alkanes of at least 4 members (excludes halogenated alkanes) is 10. The van der Waals surface area contributed by atoms with E-state index in [2.05, 4.69) is 27.1 Å². The van der Waals surface area contributed by atoms with Crippen molar-refractivity contribution in [3.05, 3.63) is 0 Å². The van der Waals surface area contributed by atoms with Crippen LogP contribution in [0.2, 0.25) is 0 Å². The van der Waals surface area contributed by atoms with Crippen molar-refractivity contribution >= 4 is 0 Å². The molecule has 2 nitrogen and oxygen atoms in total. The minimum absolute atomic E-state index is 0.708. The highest BCUT2D eigenvalue weighted by atomic mass is 15.3. The van der Waals surface area contributed by atoms with E-state index in [4.69, 9.17) is 5.26 Å². The van der Waals surface area contributed by atoms with E-state index in [1.165, 1.54) is 70.8 Å². The molecule has 0 saturated carbocycles. The quantitative estimate of drug-likeness (QED) is 0.313. The summed E-state index contributed by atoms with van der Waals surface area (Å²) in [5.41, 5.74) is 0. The molecule has 2 heteroatoms. The third-order valence-corrected chi connectivity index (χ3v) is 4.17. The van der Waals surface area contributed by atoms with Crippen molar-refractivity contribution in [1.82, 2.24) is 0 Å². The van der Waals surface area contributed by atoms with Gasteiger partial charge in [0.1, 0.15) is 0 Å². The van der Waals surface area contributed by atoms with Crippen molar-refractivity contribution in [2.45, 2.75) is 84.0 Å². The molecule has 0 aliphatic heterocycles. The highest BCUT2D eigenvalue weighted by Crippen LogP contribution is 2.12. The van der Waals surface area contributed by atoms with Crippen LogP contribution < -0.4 is 0 Å². The summed E-state index contributed by atoms with van der Waals surface area (Å²) in [6.45, 7) is 4.69. The predicted molar refractivity (Wildman–Crippen MR) is 88.5 cm³/mol. The van der Waals surface area contributed by atoms with Crippen LogP contribution in [-0.2, 0) is 0 Å². The van der Waals surface area contributed by atoms with E-state index in [0.717, 1.165) is 17.4 Å². The first-order valence-electron chi connectivity index (χ1n) is 8.81. The van der Waals surface area contributed by atoms with E-state index in [9.17, 15) is 0 Å². The van der Waals surface area contributed by atoms with Gasteiger partial charge in [0.2, 0.25) is 0 Å². The van der Waals surface area contributed by atoms with Crippen LogP contribution in [0.25, 0.3) is 0 Å². The zero-order chi connectivity index (χ0) is 15.1. The molecule has 0 aromatic rings. The summed E-state index contributed by atoms with van der Waals surface area (Å²) in [7, 11) is 4.59. The van der Waals surface area contributed by atoms with E-state index in [-0.39, 0.29) is 0 Å². The Labute approximate surface area is 127 Å². The molecule has 0 saturated heterocycles. The van der Waals surface area contributed by atoms with Crippen molar-refractivity contribution in [1.29, 1.82) is 5.26 Å². The van der Waals surface area contributed by atoms with Gasteiger partial charge in [-0.3, -0.25) is 0 Å². The highest BCUT2D eigenvalue weighted by molar-refractivity contribution is 4.67. The van der Waals surface area contributed by atoms with Gasteiger partial charge in [0, 0.05) is 12.8 Å². The van der Waals surface area contributed by atoms with Crippen molar-refractivity contribution in [3.8, 4) is 6.07 Å². The predicted octanol–water partition coefficient (Wildman–Crippen LogP) is 5.29. The lowest BCUT2D eigenvalue weighted by Crippen LogP contribution is -2.41. The minimum Gasteiger partial charge on any atom is -0.328 e. The maximum absolute atomic E-state index is 8.57. The van der Waals surface area contributed by atoms with Gasteiger partial charge in [-0.15, -0.1) is 0 Å². The van der Waals surface area contributed by atoms with Crippen LogP contribution >= 0.6 is 0 Å². The normalized spacial score (nSPS) is 11.5. The summed E-state index contributed by atoms with van der Waals surface area (Å²) in [5.74, 6) is 0. The second-order valence-corrected chi connectivity index (χ2v) is 6.83. The van der Waals surface area contributed by atoms with Crippen LogP contribution in [0.3, 0.4) is 0 Å². The summed E-state index contributed by atoms with van der Waals surface area (Å²) in [4.78, 5) is 0. The smallest absolute Gasteiger partial charge is 0.0792 e. The molecule has 20 heavy (non-hydrogen) atoms. The maximum Gasteiger partial charge on any atom is 0.0792 e. The fraction of sp³-hybridized carbons (Fsp3) is 0.944. The molecule has 0 rings (SSSR count). The van der Waals surface area contributed by atoms with Gasteiger partial charge in [-0.25, -0.2) is 0 Å². The maximum atomic E-state index is 8.57. The summed E-state index contributed by atoms with van der Waals surface area (Å²) < 4.78 is 1.08. The highest BCUT2D eigenvalue weighted by Gasteiger charge is 2.13. The Kier molecular flexibility index (Phi) is 13.1. The van der Waals surface area contributed by atoms with E-state index in [1.54, 1.807) is 0 Å². The van der Waals surface area contributed by atoms with E-state index in [1.807, 2.05) is 0 Å². The Morgan fingerprint density at radius 3 is 1.65 bits per heavy atom. The van der Waals surface area contributed by atoms with Crippen molar-refractivity contribution in [2.24, 2.45) is 0 Å². The molecular weight excluding hydrogens is 244 g/mol. The zero-order valence-corrected chi connectivity index (χ0v) is 14.3. The molecule has 0 unspecified atom stereocenters. The first-order valence-corrected chi connectivity index (χ1v) is 8.81. The third-order valence-electron chi connectivity index (χ3n) is 4.17. The molecule has 0 fully saturated rings. The number of quaternary nitrogens is 1. The van der Waals surface area contributed by atoms with Gasteiger partial charge >= 0.3 is 0 Å². The standard InChI is InChI=1S/C18H37N2/c1-4-5-6-7-8-9-10-11-12-14-17-20(2,3)18-15-13-16-19/h4-15,17-18H2,1-3H3/q+1. The molecule has 0 atom stereocenters. The first kappa shape index (κ1) is 19.4. The molecule has 0 aromatic heterocycles. The van der Waals surface area contributed by atoms with Crippen molar-refractivity contribution in [2.75, 3.05) is 27.2 Å². The molecule has 0 spiro atoms. The van der Waals surface area contributed by atoms with Crippen LogP contribution in [-0.4, -0.2) is 31.7 Å². The van der Waals surface area contributed by atoms with Crippen LogP contribution in [0.15, 0.2) is 0 Å². The molecule has 0 aliphatic carbocycles. The summed E-state index contributed by atoms with van der Waals surface area (Å²) in [5, 5.41) is 8.57.